The number of aliphatic hydroxyl groups excluding tert-OH is 1. The van der Waals surface area contributed by atoms with Crippen LogP contribution in [0.1, 0.15) is 26.7 Å². The van der Waals surface area contributed by atoms with Crippen LogP contribution in [-0.2, 0) is 9.47 Å². The molecule has 0 aliphatic carbocycles. The van der Waals surface area contributed by atoms with Crippen LogP contribution in [-0.4, -0.2) is 62.2 Å². The van der Waals surface area contributed by atoms with Gasteiger partial charge in [-0.2, -0.15) is 0 Å². The van der Waals surface area contributed by atoms with E-state index in [1.807, 2.05) is 0 Å². The maximum absolute atomic E-state index is 9.88. The standard InChI is InChI=1S/C13H27NO3/c1-11-4-5-14(12(2)8-11)9-13(15)10-17-7-6-16-3/h11-13,15H,4-10H2,1-3H3. The van der Waals surface area contributed by atoms with Crippen molar-refractivity contribution >= 4 is 0 Å². The Labute approximate surface area is 105 Å². The van der Waals surface area contributed by atoms with Crippen LogP contribution in [0.3, 0.4) is 0 Å². The number of likely N-dealkylation sites (tertiary alicyclic amines) is 1. The summed E-state index contributed by atoms with van der Waals surface area (Å²) in [5, 5.41) is 9.88. The van der Waals surface area contributed by atoms with Crippen molar-refractivity contribution in [3.8, 4) is 0 Å². The van der Waals surface area contributed by atoms with Crippen molar-refractivity contribution in [3.05, 3.63) is 0 Å². The highest BCUT2D eigenvalue weighted by atomic mass is 16.5. The first-order chi connectivity index (χ1) is 8.13. The Kier molecular flexibility index (Phi) is 7.04. The number of nitrogens with zero attached hydrogens (tertiary/aromatic N) is 1. The van der Waals surface area contributed by atoms with Crippen LogP contribution in [0.5, 0.6) is 0 Å². The van der Waals surface area contributed by atoms with Crippen molar-refractivity contribution in [1.82, 2.24) is 4.90 Å². The zero-order valence-corrected chi connectivity index (χ0v) is 11.4. The second-order valence-electron chi connectivity index (χ2n) is 5.20. The number of ether oxygens (including phenoxy) is 2. The normalized spacial score (nSPS) is 28.2. The highest BCUT2D eigenvalue weighted by Crippen LogP contribution is 2.21. The summed E-state index contributed by atoms with van der Waals surface area (Å²) in [4.78, 5) is 2.37. The molecule has 0 aromatic carbocycles. The summed E-state index contributed by atoms with van der Waals surface area (Å²) in [6.07, 6.45) is 2.08. The Morgan fingerprint density at radius 3 is 2.76 bits per heavy atom. The lowest BCUT2D eigenvalue weighted by Crippen LogP contribution is -2.45. The molecule has 1 rings (SSSR count). The molecular weight excluding hydrogens is 218 g/mol. The molecule has 1 heterocycles. The monoisotopic (exact) mass is 245 g/mol. The molecule has 0 aromatic rings. The summed E-state index contributed by atoms with van der Waals surface area (Å²) in [7, 11) is 1.65. The predicted octanol–water partition coefficient (Wildman–Crippen LogP) is 1.13. The van der Waals surface area contributed by atoms with Gasteiger partial charge in [0.25, 0.3) is 0 Å². The molecular formula is C13H27NO3. The molecule has 1 N–H and O–H groups in total. The third-order valence-corrected chi connectivity index (χ3v) is 3.46. The third kappa shape index (κ3) is 5.82. The van der Waals surface area contributed by atoms with E-state index in [1.165, 1.54) is 12.8 Å². The molecule has 17 heavy (non-hydrogen) atoms. The fraction of sp³-hybridized carbons (Fsp3) is 1.00. The maximum atomic E-state index is 9.88. The summed E-state index contributed by atoms with van der Waals surface area (Å²) in [5.41, 5.74) is 0. The predicted molar refractivity (Wildman–Crippen MR) is 68.1 cm³/mol. The van der Waals surface area contributed by atoms with Crippen molar-refractivity contribution < 1.29 is 14.6 Å². The first kappa shape index (κ1) is 14.9. The topological polar surface area (TPSA) is 41.9 Å². The minimum absolute atomic E-state index is 0.386. The van der Waals surface area contributed by atoms with Gasteiger partial charge in [-0.15, -0.1) is 0 Å². The van der Waals surface area contributed by atoms with E-state index in [0.29, 0.717) is 25.9 Å². The van der Waals surface area contributed by atoms with Crippen LogP contribution >= 0.6 is 0 Å². The van der Waals surface area contributed by atoms with Crippen LogP contribution in [0.4, 0.5) is 0 Å². The molecule has 1 aliphatic heterocycles. The lowest BCUT2D eigenvalue weighted by molar-refractivity contribution is -0.0122. The SMILES string of the molecule is COCCOCC(O)CN1CCC(C)CC1C. The summed E-state index contributed by atoms with van der Waals surface area (Å²) >= 11 is 0. The lowest BCUT2D eigenvalue weighted by Gasteiger charge is -2.37. The van der Waals surface area contributed by atoms with E-state index in [9.17, 15) is 5.11 Å². The first-order valence-electron chi connectivity index (χ1n) is 6.62. The van der Waals surface area contributed by atoms with E-state index >= 15 is 0 Å². The maximum Gasteiger partial charge on any atom is 0.0900 e. The molecule has 1 fully saturated rings. The first-order valence-corrected chi connectivity index (χ1v) is 6.62. The summed E-state index contributed by atoms with van der Waals surface area (Å²) in [6, 6.07) is 0.576. The zero-order chi connectivity index (χ0) is 12.7. The van der Waals surface area contributed by atoms with Gasteiger partial charge in [0.1, 0.15) is 0 Å². The highest BCUT2D eigenvalue weighted by molar-refractivity contribution is 4.78. The summed E-state index contributed by atoms with van der Waals surface area (Å²) in [6.45, 7) is 7.91. The number of piperidine rings is 1. The van der Waals surface area contributed by atoms with Crippen molar-refractivity contribution in [2.24, 2.45) is 5.92 Å². The van der Waals surface area contributed by atoms with E-state index in [2.05, 4.69) is 18.7 Å². The Bertz CT molecular complexity index is 201. The van der Waals surface area contributed by atoms with E-state index in [0.717, 1.165) is 19.0 Å². The van der Waals surface area contributed by atoms with Gasteiger partial charge in [0, 0.05) is 19.7 Å². The van der Waals surface area contributed by atoms with Gasteiger partial charge in [-0.25, -0.2) is 0 Å². The third-order valence-electron chi connectivity index (χ3n) is 3.46. The molecule has 4 heteroatoms. The van der Waals surface area contributed by atoms with Crippen LogP contribution in [0, 0.1) is 5.92 Å². The van der Waals surface area contributed by atoms with Gasteiger partial charge in [0.05, 0.1) is 25.9 Å². The van der Waals surface area contributed by atoms with Crippen LogP contribution in [0.25, 0.3) is 0 Å². The highest BCUT2D eigenvalue weighted by Gasteiger charge is 2.24. The Morgan fingerprint density at radius 2 is 2.12 bits per heavy atom. The number of hydrogen-bond acceptors (Lipinski definition) is 4. The molecule has 3 atom stereocenters. The van der Waals surface area contributed by atoms with Crippen molar-refractivity contribution in [1.29, 1.82) is 0 Å². The molecule has 1 aliphatic rings. The van der Waals surface area contributed by atoms with Gasteiger partial charge in [-0.3, -0.25) is 4.90 Å². The molecule has 0 spiro atoms. The molecule has 0 aromatic heterocycles. The summed E-state index contributed by atoms with van der Waals surface area (Å²) < 4.78 is 10.2. The van der Waals surface area contributed by atoms with Crippen LogP contribution in [0.15, 0.2) is 0 Å². The lowest BCUT2D eigenvalue weighted by atomic mass is 9.93. The van der Waals surface area contributed by atoms with Gasteiger partial charge in [0.2, 0.25) is 0 Å². The summed E-state index contributed by atoms with van der Waals surface area (Å²) in [5.74, 6) is 0.816. The minimum Gasteiger partial charge on any atom is -0.389 e. The Balaban J connectivity index is 2.14. The molecule has 0 bridgehead atoms. The number of hydrogen-bond donors (Lipinski definition) is 1. The Hall–Kier alpha value is -0.160. The molecule has 0 radical (unpaired) electrons. The molecule has 0 saturated carbocycles. The van der Waals surface area contributed by atoms with E-state index in [-0.39, 0.29) is 6.10 Å². The van der Waals surface area contributed by atoms with Gasteiger partial charge < -0.3 is 14.6 Å². The van der Waals surface area contributed by atoms with E-state index in [1.54, 1.807) is 7.11 Å². The Morgan fingerprint density at radius 1 is 1.35 bits per heavy atom. The number of rotatable bonds is 7. The van der Waals surface area contributed by atoms with Gasteiger partial charge in [0.15, 0.2) is 0 Å². The van der Waals surface area contributed by atoms with Gasteiger partial charge in [-0.1, -0.05) is 6.92 Å². The number of methoxy groups -OCH3 is 1. The molecule has 0 amide bonds. The fourth-order valence-electron chi connectivity index (χ4n) is 2.41. The van der Waals surface area contributed by atoms with E-state index < -0.39 is 0 Å². The fourth-order valence-corrected chi connectivity index (χ4v) is 2.41. The minimum atomic E-state index is -0.386. The van der Waals surface area contributed by atoms with Crippen LogP contribution < -0.4 is 0 Å². The van der Waals surface area contributed by atoms with Crippen molar-refractivity contribution in [3.63, 3.8) is 0 Å². The number of aliphatic hydroxyl groups is 1. The second kappa shape index (κ2) is 8.03. The van der Waals surface area contributed by atoms with Gasteiger partial charge in [-0.05, 0) is 32.2 Å². The van der Waals surface area contributed by atoms with E-state index in [4.69, 9.17) is 9.47 Å². The molecule has 3 unspecified atom stereocenters. The zero-order valence-electron chi connectivity index (χ0n) is 11.4. The molecule has 102 valence electrons. The second-order valence-corrected chi connectivity index (χ2v) is 5.20. The average molecular weight is 245 g/mol. The average Bonchev–Trinajstić information content (AvgIpc) is 2.28. The number of β-amino-alcohol motifs (C(OH)–C–C–N with tert-alkyl or cyclic N) is 1. The van der Waals surface area contributed by atoms with Crippen molar-refractivity contribution in [2.75, 3.05) is 40.0 Å². The molecule has 4 nitrogen and oxygen atoms in total. The largest absolute Gasteiger partial charge is 0.389 e. The van der Waals surface area contributed by atoms with Crippen molar-refractivity contribution in [2.45, 2.75) is 38.8 Å². The van der Waals surface area contributed by atoms with Gasteiger partial charge >= 0.3 is 0 Å². The van der Waals surface area contributed by atoms with Crippen LogP contribution in [0.2, 0.25) is 0 Å². The smallest absolute Gasteiger partial charge is 0.0900 e. The quantitative estimate of drug-likeness (QED) is 0.683. The molecule has 1 saturated heterocycles.